The Labute approximate surface area is 184 Å². The van der Waals surface area contributed by atoms with E-state index in [9.17, 15) is 4.79 Å². The smallest absolute Gasteiger partial charge is 0.264 e. The summed E-state index contributed by atoms with van der Waals surface area (Å²) in [4.78, 5) is 17.8. The van der Waals surface area contributed by atoms with Gasteiger partial charge in [-0.05, 0) is 42.3 Å². The molecule has 0 saturated heterocycles. The monoisotopic (exact) mass is 434 g/mol. The van der Waals surface area contributed by atoms with E-state index in [-0.39, 0.29) is 12.5 Å². The van der Waals surface area contributed by atoms with Gasteiger partial charge in [0.15, 0.2) is 11.7 Å². The third-order valence-corrected chi connectivity index (χ3v) is 5.63. The SMILES string of the molecule is Cc1sc(NC(=O)COc2ccc(-c3ccccc3)cc2)nc1-c1ccc(Cl)cc1. The molecule has 1 heterocycles. The molecule has 0 saturated carbocycles. The van der Waals surface area contributed by atoms with Gasteiger partial charge in [0.1, 0.15) is 5.75 Å². The van der Waals surface area contributed by atoms with Crippen molar-refractivity contribution < 1.29 is 9.53 Å². The maximum Gasteiger partial charge on any atom is 0.264 e. The largest absolute Gasteiger partial charge is 0.484 e. The van der Waals surface area contributed by atoms with Crippen LogP contribution in [0.15, 0.2) is 78.9 Å². The van der Waals surface area contributed by atoms with E-state index in [0.29, 0.717) is 15.9 Å². The molecular weight excluding hydrogens is 416 g/mol. The first-order chi connectivity index (χ1) is 14.6. The third kappa shape index (κ3) is 4.87. The zero-order valence-corrected chi connectivity index (χ0v) is 17.8. The molecule has 1 aromatic heterocycles. The summed E-state index contributed by atoms with van der Waals surface area (Å²) in [5.74, 6) is 0.389. The number of thiazole rings is 1. The molecule has 0 fully saturated rings. The normalized spacial score (nSPS) is 10.6. The van der Waals surface area contributed by atoms with Crippen LogP contribution in [-0.2, 0) is 4.79 Å². The van der Waals surface area contributed by atoms with E-state index in [4.69, 9.17) is 16.3 Å². The molecule has 1 N–H and O–H groups in total. The lowest BCUT2D eigenvalue weighted by Crippen LogP contribution is -2.20. The lowest BCUT2D eigenvalue weighted by atomic mass is 10.1. The first-order valence-corrected chi connectivity index (χ1v) is 10.6. The fourth-order valence-electron chi connectivity index (χ4n) is 3.00. The minimum absolute atomic E-state index is 0.0837. The maximum atomic E-state index is 12.3. The van der Waals surface area contributed by atoms with E-state index < -0.39 is 0 Å². The Morgan fingerprint density at radius 3 is 2.27 bits per heavy atom. The highest BCUT2D eigenvalue weighted by atomic mass is 35.5. The molecule has 0 atom stereocenters. The number of aromatic nitrogens is 1. The van der Waals surface area contributed by atoms with Crippen molar-refractivity contribution in [1.82, 2.24) is 4.98 Å². The number of hydrogen-bond acceptors (Lipinski definition) is 4. The van der Waals surface area contributed by atoms with Gasteiger partial charge in [-0.2, -0.15) is 0 Å². The molecule has 30 heavy (non-hydrogen) atoms. The standard InChI is InChI=1S/C24H19ClN2O2S/c1-16-23(19-7-11-20(25)12-8-19)27-24(30-16)26-22(28)15-29-21-13-9-18(10-14-21)17-5-3-2-4-6-17/h2-14H,15H2,1H3,(H,26,27,28). The molecule has 3 aromatic carbocycles. The van der Waals surface area contributed by atoms with Crippen molar-refractivity contribution in [2.45, 2.75) is 6.92 Å². The van der Waals surface area contributed by atoms with Gasteiger partial charge in [0.2, 0.25) is 0 Å². The summed E-state index contributed by atoms with van der Waals surface area (Å²) < 4.78 is 5.62. The average molecular weight is 435 g/mol. The minimum atomic E-state index is -0.251. The van der Waals surface area contributed by atoms with E-state index in [2.05, 4.69) is 22.4 Å². The highest BCUT2D eigenvalue weighted by Crippen LogP contribution is 2.31. The number of nitrogens with one attached hydrogen (secondary N) is 1. The predicted molar refractivity (Wildman–Crippen MR) is 123 cm³/mol. The first-order valence-electron chi connectivity index (χ1n) is 9.40. The van der Waals surface area contributed by atoms with Gasteiger partial charge in [-0.1, -0.05) is 66.2 Å². The number of benzene rings is 3. The van der Waals surface area contributed by atoms with Gasteiger partial charge < -0.3 is 4.74 Å². The first kappa shape index (κ1) is 20.1. The predicted octanol–water partition coefficient (Wildman–Crippen LogP) is 6.46. The fraction of sp³-hybridized carbons (Fsp3) is 0.0833. The molecule has 0 aliphatic heterocycles. The topological polar surface area (TPSA) is 51.2 Å². The lowest BCUT2D eigenvalue weighted by Gasteiger charge is -2.07. The molecule has 0 radical (unpaired) electrons. The summed E-state index contributed by atoms with van der Waals surface area (Å²) in [6.07, 6.45) is 0. The number of rotatable bonds is 6. The summed E-state index contributed by atoms with van der Waals surface area (Å²) in [7, 11) is 0. The molecule has 4 nitrogen and oxygen atoms in total. The van der Waals surface area contributed by atoms with Crippen LogP contribution in [0.25, 0.3) is 22.4 Å². The van der Waals surface area contributed by atoms with Gasteiger partial charge in [0.05, 0.1) is 5.69 Å². The lowest BCUT2D eigenvalue weighted by molar-refractivity contribution is -0.118. The fourth-order valence-corrected chi connectivity index (χ4v) is 3.98. The van der Waals surface area contributed by atoms with E-state index in [1.807, 2.05) is 73.7 Å². The number of hydrogen-bond donors (Lipinski definition) is 1. The van der Waals surface area contributed by atoms with Gasteiger partial charge >= 0.3 is 0 Å². The summed E-state index contributed by atoms with van der Waals surface area (Å²) in [6, 6.07) is 25.3. The Kier molecular flexibility index (Phi) is 6.12. The Morgan fingerprint density at radius 1 is 0.933 bits per heavy atom. The number of carbonyl (C=O) groups excluding carboxylic acids is 1. The molecule has 0 aliphatic carbocycles. The summed E-state index contributed by atoms with van der Waals surface area (Å²) >= 11 is 7.38. The van der Waals surface area contributed by atoms with Crippen molar-refractivity contribution >= 4 is 34.0 Å². The molecule has 0 aliphatic rings. The number of aryl methyl sites for hydroxylation is 1. The van der Waals surface area contributed by atoms with Crippen LogP contribution in [-0.4, -0.2) is 17.5 Å². The molecule has 4 rings (SSSR count). The molecule has 0 bridgehead atoms. The van der Waals surface area contributed by atoms with Crippen molar-refractivity contribution in [3.05, 3.63) is 88.8 Å². The third-order valence-electron chi connectivity index (χ3n) is 4.49. The van der Waals surface area contributed by atoms with Crippen molar-refractivity contribution in [1.29, 1.82) is 0 Å². The van der Waals surface area contributed by atoms with Crippen LogP contribution in [0.5, 0.6) is 5.75 Å². The average Bonchev–Trinajstić information content (AvgIpc) is 3.13. The Bertz CT molecular complexity index is 1140. The minimum Gasteiger partial charge on any atom is -0.484 e. The molecular formula is C24H19ClN2O2S. The van der Waals surface area contributed by atoms with Gasteiger partial charge in [-0.3, -0.25) is 10.1 Å². The van der Waals surface area contributed by atoms with Crippen LogP contribution in [0, 0.1) is 6.92 Å². The second-order valence-electron chi connectivity index (χ2n) is 6.66. The molecule has 6 heteroatoms. The summed E-state index contributed by atoms with van der Waals surface area (Å²) in [5.41, 5.74) is 4.03. The van der Waals surface area contributed by atoms with E-state index in [1.165, 1.54) is 11.3 Å². The zero-order valence-electron chi connectivity index (χ0n) is 16.3. The second kappa shape index (κ2) is 9.11. The number of ether oxygens (including phenoxy) is 1. The quantitative estimate of drug-likeness (QED) is 0.379. The van der Waals surface area contributed by atoms with Crippen LogP contribution in [0.4, 0.5) is 5.13 Å². The van der Waals surface area contributed by atoms with Crippen molar-refractivity contribution in [3.8, 4) is 28.1 Å². The molecule has 4 aromatic rings. The highest BCUT2D eigenvalue weighted by Gasteiger charge is 2.12. The van der Waals surface area contributed by atoms with Gasteiger partial charge in [-0.25, -0.2) is 4.98 Å². The Morgan fingerprint density at radius 2 is 1.57 bits per heavy atom. The summed E-state index contributed by atoms with van der Waals surface area (Å²) in [6.45, 7) is 1.89. The van der Waals surface area contributed by atoms with Crippen LogP contribution >= 0.6 is 22.9 Å². The van der Waals surface area contributed by atoms with Crippen LogP contribution in [0.1, 0.15) is 4.88 Å². The van der Waals surface area contributed by atoms with Crippen molar-refractivity contribution in [2.75, 3.05) is 11.9 Å². The number of nitrogens with zero attached hydrogens (tertiary/aromatic N) is 1. The molecule has 150 valence electrons. The highest BCUT2D eigenvalue weighted by molar-refractivity contribution is 7.16. The number of amides is 1. The van der Waals surface area contributed by atoms with Crippen molar-refractivity contribution in [2.24, 2.45) is 0 Å². The number of anilines is 1. The van der Waals surface area contributed by atoms with E-state index in [1.54, 1.807) is 0 Å². The maximum absolute atomic E-state index is 12.3. The van der Waals surface area contributed by atoms with Crippen LogP contribution in [0.3, 0.4) is 0 Å². The summed E-state index contributed by atoms with van der Waals surface area (Å²) in [5, 5.41) is 4.03. The zero-order chi connectivity index (χ0) is 20.9. The van der Waals surface area contributed by atoms with Crippen LogP contribution in [0.2, 0.25) is 5.02 Å². The Hall–Kier alpha value is -3.15. The van der Waals surface area contributed by atoms with Crippen molar-refractivity contribution in [3.63, 3.8) is 0 Å². The van der Waals surface area contributed by atoms with Gasteiger partial charge in [0.25, 0.3) is 5.91 Å². The number of carbonyl (C=O) groups is 1. The molecule has 0 unspecified atom stereocenters. The van der Waals surface area contributed by atoms with Crippen LogP contribution < -0.4 is 10.1 Å². The Balaban J connectivity index is 1.35. The molecule has 1 amide bonds. The molecule has 0 spiro atoms. The second-order valence-corrected chi connectivity index (χ2v) is 8.30. The number of halogens is 1. The van der Waals surface area contributed by atoms with E-state index in [0.717, 1.165) is 27.3 Å². The van der Waals surface area contributed by atoms with Gasteiger partial charge in [0, 0.05) is 15.5 Å². The van der Waals surface area contributed by atoms with Gasteiger partial charge in [-0.15, -0.1) is 11.3 Å². The van der Waals surface area contributed by atoms with E-state index >= 15 is 0 Å².